The third kappa shape index (κ3) is 6.22. The highest BCUT2D eigenvalue weighted by atomic mass is 16.8. The molecule has 8 rings (SSSR count). The zero-order chi connectivity index (χ0) is 33.4. The van der Waals surface area contributed by atoms with Crippen LogP contribution in [0.25, 0.3) is 0 Å². The number of amides is 2. The van der Waals surface area contributed by atoms with Gasteiger partial charge in [0.25, 0.3) is 0 Å². The van der Waals surface area contributed by atoms with Crippen LogP contribution in [-0.4, -0.2) is 87.4 Å². The molecule has 13 nitrogen and oxygen atoms in total. The van der Waals surface area contributed by atoms with E-state index in [1.807, 2.05) is 35.4 Å². The molecule has 13 heteroatoms. The Labute approximate surface area is 285 Å². The molecule has 4 aromatic rings. The average molecular weight is 662 g/mol. The lowest BCUT2D eigenvalue weighted by atomic mass is 10.1. The Hall–Kier alpha value is -5.27. The number of fused-ring (bicyclic) bond motifs is 1. The highest BCUT2D eigenvalue weighted by Gasteiger charge is 2.45. The maximum Gasteiger partial charge on any atom is 0.333 e. The Morgan fingerprint density at radius 1 is 0.918 bits per heavy atom. The molecule has 4 aliphatic rings. The monoisotopic (exact) mass is 661 g/mol. The van der Waals surface area contributed by atoms with Crippen LogP contribution in [0.15, 0.2) is 103 Å². The largest absolute Gasteiger partial charge is 0.491 e. The molecule has 0 radical (unpaired) electrons. The van der Waals surface area contributed by atoms with Gasteiger partial charge < -0.3 is 24.0 Å². The number of rotatable bonds is 11. The van der Waals surface area contributed by atoms with Gasteiger partial charge in [-0.3, -0.25) is 9.80 Å². The zero-order valence-corrected chi connectivity index (χ0v) is 27.6. The normalized spacial score (nSPS) is 22.5. The molecule has 2 aromatic carbocycles. The van der Waals surface area contributed by atoms with E-state index in [0.29, 0.717) is 18.8 Å². The number of carbonyl (C=O) groups excluding carboxylic acids is 1. The predicted molar refractivity (Wildman–Crippen MR) is 183 cm³/mol. The summed E-state index contributed by atoms with van der Waals surface area (Å²) in [6.07, 6.45) is 12.7. The second-order valence-electron chi connectivity index (χ2n) is 12.7. The number of urea groups is 1. The van der Waals surface area contributed by atoms with Crippen molar-refractivity contribution < 1.29 is 19.0 Å². The summed E-state index contributed by atoms with van der Waals surface area (Å²) in [5, 5.41) is 8.44. The Balaban J connectivity index is 0.835. The van der Waals surface area contributed by atoms with E-state index < -0.39 is 5.79 Å². The van der Waals surface area contributed by atoms with Crippen molar-refractivity contribution in [1.82, 2.24) is 29.9 Å². The van der Waals surface area contributed by atoms with E-state index in [4.69, 9.17) is 14.2 Å². The van der Waals surface area contributed by atoms with Gasteiger partial charge in [0, 0.05) is 73.3 Å². The number of hydrogen-bond acceptors (Lipinski definition) is 10. The van der Waals surface area contributed by atoms with Crippen molar-refractivity contribution in [1.29, 1.82) is 0 Å². The van der Waals surface area contributed by atoms with E-state index >= 15 is 0 Å². The Kier molecular flexibility index (Phi) is 8.22. The quantitative estimate of drug-likeness (QED) is 0.227. The van der Waals surface area contributed by atoms with E-state index in [1.54, 1.807) is 29.7 Å². The maximum atomic E-state index is 13.3. The summed E-state index contributed by atoms with van der Waals surface area (Å²) in [5.74, 6) is -0.330. The van der Waals surface area contributed by atoms with E-state index in [0.717, 1.165) is 66.7 Å². The van der Waals surface area contributed by atoms with Gasteiger partial charge in [0.2, 0.25) is 5.79 Å². The van der Waals surface area contributed by atoms with E-state index in [9.17, 15) is 4.79 Å². The van der Waals surface area contributed by atoms with Gasteiger partial charge in [0.15, 0.2) is 0 Å². The first-order valence-corrected chi connectivity index (χ1v) is 16.8. The van der Waals surface area contributed by atoms with Crippen LogP contribution in [0.3, 0.4) is 0 Å². The van der Waals surface area contributed by atoms with Crippen molar-refractivity contribution in [3.05, 3.63) is 109 Å². The molecule has 0 bridgehead atoms. The molecule has 2 saturated heterocycles. The first kappa shape index (κ1) is 31.0. The maximum absolute atomic E-state index is 13.3. The summed E-state index contributed by atoms with van der Waals surface area (Å²) in [4.78, 5) is 31.6. The number of carbonyl (C=O) groups is 1. The smallest absolute Gasteiger partial charge is 0.333 e. The third-order valence-corrected chi connectivity index (χ3v) is 9.56. The number of allylic oxidation sites excluding steroid dienone is 2. The van der Waals surface area contributed by atoms with Crippen LogP contribution in [0.5, 0.6) is 5.75 Å². The summed E-state index contributed by atoms with van der Waals surface area (Å²) in [6, 6.07) is 16.7. The molecule has 5 heterocycles. The lowest BCUT2D eigenvalue weighted by molar-refractivity contribution is -0.192. The first-order chi connectivity index (χ1) is 24.0. The van der Waals surface area contributed by atoms with Gasteiger partial charge in [-0.15, -0.1) is 0 Å². The fourth-order valence-corrected chi connectivity index (χ4v) is 6.60. The highest BCUT2D eigenvalue weighted by Crippen LogP contribution is 2.40. The molecule has 0 spiro atoms. The van der Waals surface area contributed by atoms with Crippen LogP contribution < -0.4 is 19.4 Å². The summed E-state index contributed by atoms with van der Waals surface area (Å²) in [7, 11) is 0. The number of ether oxygens (including phenoxy) is 3. The molecule has 2 amide bonds. The van der Waals surface area contributed by atoms with Crippen molar-refractivity contribution in [3.63, 3.8) is 0 Å². The molecule has 1 aliphatic carbocycles. The number of aromatic nitrogens is 5. The highest BCUT2D eigenvalue weighted by molar-refractivity contribution is 6.00. The molecule has 3 unspecified atom stereocenters. The topological polar surface area (TPSA) is 114 Å². The molecule has 0 N–H and O–H groups in total. The minimum atomic E-state index is -1.10. The van der Waals surface area contributed by atoms with Gasteiger partial charge in [-0.2, -0.15) is 15.0 Å². The van der Waals surface area contributed by atoms with Gasteiger partial charge in [-0.1, -0.05) is 6.92 Å². The molecule has 3 aliphatic heterocycles. The van der Waals surface area contributed by atoms with Gasteiger partial charge in [-0.25, -0.2) is 14.8 Å². The number of nitrogens with zero attached hydrogens (tertiary/aromatic N) is 9. The van der Waals surface area contributed by atoms with E-state index in [2.05, 4.69) is 74.2 Å². The van der Waals surface area contributed by atoms with Gasteiger partial charge >= 0.3 is 6.03 Å². The molecular weight excluding hydrogens is 622 g/mol. The van der Waals surface area contributed by atoms with E-state index in [1.165, 1.54) is 11.1 Å². The van der Waals surface area contributed by atoms with Gasteiger partial charge in [0.05, 0.1) is 30.4 Å². The SMILES string of the molecule is CCC(C)N1C(=O)N(c2ccc(N3CCN(c4ccc(OCC5COC(Cn6nccn6)(c6cncnc6)O5)cc4)CC3)cc2)C=C2C=C21. The Morgan fingerprint density at radius 3 is 2.20 bits per heavy atom. The van der Waals surface area contributed by atoms with Crippen LogP contribution in [0.4, 0.5) is 21.9 Å². The minimum absolute atomic E-state index is 0.0142. The third-order valence-electron chi connectivity index (χ3n) is 9.56. The molecular formula is C36H39N9O4. The molecule has 49 heavy (non-hydrogen) atoms. The average Bonchev–Trinajstić information content (AvgIpc) is 3.51. The molecule has 2 aromatic heterocycles. The van der Waals surface area contributed by atoms with Crippen LogP contribution in [0.2, 0.25) is 0 Å². The minimum Gasteiger partial charge on any atom is -0.491 e. The Morgan fingerprint density at radius 2 is 1.55 bits per heavy atom. The molecule has 2 fully saturated rings. The number of hydrogen-bond donors (Lipinski definition) is 0. The fourth-order valence-electron chi connectivity index (χ4n) is 6.60. The molecule has 3 atom stereocenters. The zero-order valence-electron chi connectivity index (χ0n) is 27.6. The van der Waals surface area contributed by atoms with Crippen molar-refractivity contribution >= 4 is 23.1 Å². The first-order valence-electron chi connectivity index (χ1n) is 16.8. The standard InChI is InChI=1S/C36H39N9O4/c1-3-26(2)45-34-18-27(34)21-43(35(45)46)31-6-4-29(5-7-31)41-14-16-42(17-15-41)30-8-10-32(11-9-30)47-22-33-23-48-36(49-33,24-44-39-12-13-40-44)28-19-37-25-38-20-28/h4-13,18-21,25-26,33H,3,14-17,22-24H2,1-2H3. The van der Waals surface area contributed by atoms with Crippen molar-refractivity contribution in [3.8, 4) is 5.75 Å². The van der Waals surface area contributed by atoms with Crippen molar-refractivity contribution in [2.24, 2.45) is 0 Å². The second-order valence-corrected chi connectivity index (χ2v) is 12.7. The van der Waals surface area contributed by atoms with Crippen LogP contribution in [0.1, 0.15) is 25.8 Å². The summed E-state index contributed by atoms with van der Waals surface area (Å²) in [5.41, 5.74) is 6.11. The molecule has 252 valence electrons. The van der Waals surface area contributed by atoms with Crippen LogP contribution in [0, 0.1) is 0 Å². The summed E-state index contributed by atoms with van der Waals surface area (Å²) in [6.45, 7) is 8.77. The summed E-state index contributed by atoms with van der Waals surface area (Å²) < 4.78 is 18.7. The van der Waals surface area contributed by atoms with Gasteiger partial charge in [0.1, 0.15) is 31.3 Å². The fraction of sp³-hybridized carbons (Fsp3) is 0.361. The van der Waals surface area contributed by atoms with Crippen molar-refractivity contribution in [2.75, 3.05) is 54.1 Å². The summed E-state index contributed by atoms with van der Waals surface area (Å²) >= 11 is 0. The van der Waals surface area contributed by atoms with Crippen LogP contribution in [-0.2, 0) is 21.8 Å². The number of piperazine rings is 1. The lowest BCUT2D eigenvalue weighted by Gasteiger charge is -2.38. The predicted octanol–water partition coefficient (Wildman–Crippen LogP) is 4.56. The van der Waals surface area contributed by atoms with Gasteiger partial charge in [-0.05, 0) is 68.0 Å². The lowest BCUT2D eigenvalue weighted by Crippen LogP contribution is -2.46. The van der Waals surface area contributed by atoms with E-state index in [-0.39, 0.29) is 24.7 Å². The molecule has 0 saturated carbocycles. The number of benzene rings is 2. The number of anilines is 3. The van der Waals surface area contributed by atoms with Crippen LogP contribution >= 0.6 is 0 Å². The van der Waals surface area contributed by atoms with Crippen molar-refractivity contribution in [2.45, 2.75) is 44.7 Å². The Bertz CT molecular complexity index is 1820. The second kappa shape index (κ2) is 13.0.